The molecular formula is C13H28O5Si. The first-order chi connectivity index (χ1) is 9.14. The molecule has 0 aromatic rings. The van der Waals surface area contributed by atoms with Gasteiger partial charge in [0.2, 0.25) is 0 Å². The van der Waals surface area contributed by atoms with Gasteiger partial charge in [-0.25, -0.2) is 0 Å². The standard InChI is InChI=1S/C13H28O5Si/c1-6-13(10-15-11-13)12(14-5)19(16-7-2,17-8-3)18-9-4/h12H,6-11H2,1-5H3. The average Bonchev–Trinajstić information content (AvgIpc) is 2.34. The summed E-state index contributed by atoms with van der Waals surface area (Å²) < 4.78 is 29.1. The van der Waals surface area contributed by atoms with Crippen LogP contribution in [0, 0.1) is 5.41 Å². The highest BCUT2D eigenvalue weighted by atomic mass is 28.4. The van der Waals surface area contributed by atoms with Crippen LogP contribution in [0.3, 0.4) is 0 Å². The van der Waals surface area contributed by atoms with Crippen molar-refractivity contribution in [3.05, 3.63) is 0 Å². The highest BCUT2D eigenvalue weighted by Crippen LogP contribution is 2.41. The summed E-state index contributed by atoms with van der Waals surface area (Å²) in [5, 5.41) is 0. The molecule has 5 nitrogen and oxygen atoms in total. The molecule has 1 aliphatic rings. The van der Waals surface area contributed by atoms with Crippen molar-refractivity contribution in [1.29, 1.82) is 0 Å². The Balaban J connectivity index is 3.02. The van der Waals surface area contributed by atoms with Crippen molar-refractivity contribution in [3.8, 4) is 0 Å². The van der Waals surface area contributed by atoms with Gasteiger partial charge in [-0.15, -0.1) is 0 Å². The fraction of sp³-hybridized carbons (Fsp3) is 1.00. The van der Waals surface area contributed by atoms with Gasteiger partial charge in [-0.1, -0.05) is 6.92 Å². The van der Waals surface area contributed by atoms with E-state index in [-0.39, 0.29) is 11.1 Å². The molecule has 1 unspecified atom stereocenters. The van der Waals surface area contributed by atoms with Gasteiger partial charge >= 0.3 is 8.80 Å². The molecule has 114 valence electrons. The van der Waals surface area contributed by atoms with Gasteiger partial charge in [0, 0.05) is 32.3 Å². The zero-order valence-corrected chi connectivity index (χ0v) is 13.9. The Morgan fingerprint density at radius 3 is 1.68 bits per heavy atom. The van der Waals surface area contributed by atoms with E-state index < -0.39 is 8.80 Å². The van der Waals surface area contributed by atoms with Gasteiger partial charge in [0.1, 0.15) is 5.73 Å². The lowest BCUT2D eigenvalue weighted by molar-refractivity contribution is -0.179. The summed E-state index contributed by atoms with van der Waals surface area (Å²) in [4.78, 5) is 0. The van der Waals surface area contributed by atoms with E-state index in [0.717, 1.165) is 6.42 Å². The fourth-order valence-corrected chi connectivity index (χ4v) is 5.95. The zero-order chi connectivity index (χ0) is 14.4. The lowest BCUT2D eigenvalue weighted by Gasteiger charge is -2.50. The largest absolute Gasteiger partial charge is 0.532 e. The van der Waals surface area contributed by atoms with Crippen molar-refractivity contribution >= 4 is 8.80 Å². The molecule has 0 aliphatic carbocycles. The first kappa shape index (κ1) is 17.1. The lowest BCUT2D eigenvalue weighted by atomic mass is 9.84. The summed E-state index contributed by atoms with van der Waals surface area (Å²) in [6, 6.07) is 0. The minimum Gasteiger partial charge on any atom is -0.380 e. The lowest BCUT2D eigenvalue weighted by Crippen LogP contribution is -2.68. The molecule has 1 fully saturated rings. The van der Waals surface area contributed by atoms with Crippen LogP contribution in [0.15, 0.2) is 0 Å². The summed E-state index contributed by atoms with van der Waals surface area (Å²) in [6.07, 6.45) is 0.966. The smallest absolute Gasteiger partial charge is 0.380 e. The Morgan fingerprint density at radius 2 is 1.47 bits per heavy atom. The third-order valence-corrected chi connectivity index (χ3v) is 7.20. The fourth-order valence-electron chi connectivity index (χ4n) is 2.63. The van der Waals surface area contributed by atoms with E-state index in [9.17, 15) is 0 Å². The van der Waals surface area contributed by atoms with Gasteiger partial charge in [0.25, 0.3) is 0 Å². The highest BCUT2D eigenvalue weighted by molar-refractivity contribution is 6.62. The number of methoxy groups -OCH3 is 1. The predicted molar refractivity (Wildman–Crippen MR) is 75.0 cm³/mol. The molecule has 0 amide bonds. The SMILES string of the molecule is CCO[Si](OCC)(OCC)C(OC)C1(CC)COC1. The van der Waals surface area contributed by atoms with Crippen molar-refractivity contribution in [3.63, 3.8) is 0 Å². The molecule has 6 heteroatoms. The van der Waals surface area contributed by atoms with E-state index in [1.165, 1.54) is 0 Å². The molecule has 0 spiro atoms. The summed E-state index contributed by atoms with van der Waals surface area (Å²) >= 11 is 0. The summed E-state index contributed by atoms with van der Waals surface area (Å²) in [6.45, 7) is 11.1. The van der Waals surface area contributed by atoms with Crippen LogP contribution in [0.4, 0.5) is 0 Å². The van der Waals surface area contributed by atoms with Crippen LogP contribution in [0.5, 0.6) is 0 Å². The number of rotatable bonds is 10. The molecule has 0 aromatic heterocycles. The molecule has 0 radical (unpaired) electrons. The van der Waals surface area contributed by atoms with E-state index in [4.69, 9.17) is 22.8 Å². The number of hydrogen-bond donors (Lipinski definition) is 0. The van der Waals surface area contributed by atoms with Gasteiger partial charge in [-0.2, -0.15) is 0 Å². The third-order valence-electron chi connectivity index (χ3n) is 3.63. The predicted octanol–water partition coefficient (Wildman–Crippen LogP) is 2.02. The van der Waals surface area contributed by atoms with Gasteiger partial charge < -0.3 is 22.8 Å². The molecule has 0 aromatic carbocycles. The molecule has 1 heterocycles. The Morgan fingerprint density at radius 1 is 1.00 bits per heavy atom. The van der Waals surface area contributed by atoms with E-state index in [1.807, 2.05) is 20.8 Å². The molecule has 19 heavy (non-hydrogen) atoms. The normalized spacial score (nSPS) is 20.1. The molecule has 0 N–H and O–H groups in total. The average molecular weight is 292 g/mol. The molecular weight excluding hydrogens is 264 g/mol. The van der Waals surface area contributed by atoms with Crippen LogP contribution in [-0.4, -0.2) is 54.7 Å². The van der Waals surface area contributed by atoms with E-state index in [1.54, 1.807) is 7.11 Å². The van der Waals surface area contributed by atoms with Crippen LogP contribution in [0.2, 0.25) is 0 Å². The minimum atomic E-state index is -2.85. The Kier molecular flexibility index (Phi) is 6.92. The molecule has 1 saturated heterocycles. The first-order valence-corrected chi connectivity index (χ1v) is 8.97. The van der Waals surface area contributed by atoms with Gasteiger partial charge in [0.05, 0.1) is 13.2 Å². The molecule has 1 rings (SSSR count). The second kappa shape index (κ2) is 7.71. The summed E-state index contributed by atoms with van der Waals surface area (Å²) in [5.41, 5.74) is -0.209. The Bertz CT molecular complexity index is 235. The quantitative estimate of drug-likeness (QED) is 0.576. The maximum atomic E-state index is 5.96. The van der Waals surface area contributed by atoms with Gasteiger partial charge in [0.15, 0.2) is 0 Å². The summed E-state index contributed by atoms with van der Waals surface area (Å²) in [7, 11) is -1.15. The van der Waals surface area contributed by atoms with E-state index in [2.05, 4.69) is 6.92 Å². The highest BCUT2D eigenvalue weighted by Gasteiger charge is 2.61. The van der Waals surface area contributed by atoms with Crippen molar-refractivity contribution in [1.82, 2.24) is 0 Å². The third kappa shape index (κ3) is 3.37. The van der Waals surface area contributed by atoms with Gasteiger partial charge in [-0.3, -0.25) is 0 Å². The van der Waals surface area contributed by atoms with Crippen LogP contribution >= 0.6 is 0 Å². The number of hydrogen-bond acceptors (Lipinski definition) is 5. The van der Waals surface area contributed by atoms with Crippen LogP contribution in [-0.2, 0) is 22.8 Å². The second-order valence-corrected chi connectivity index (χ2v) is 7.32. The Labute approximate surface area is 117 Å². The van der Waals surface area contributed by atoms with Crippen LogP contribution in [0.1, 0.15) is 34.1 Å². The van der Waals surface area contributed by atoms with Gasteiger partial charge in [-0.05, 0) is 27.2 Å². The molecule has 0 saturated carbocycles. The van der Waals surface area contributed by atoms with E-state index >= 15 is 0 Å². The van der Waals surface area contributed by atoms with Crippen molar-refractivity contribution < 1.29 is 22.8 Å². The molecule has 1 atom stereocenters. The maximum Gasteiger partial charge on any atom is 0.532 e. The van der Waals surface area contributed by atoms with Crippen molar-refractivity contribution in [2.45, 2.75) is 39.8 Å². The topological polar surface area (TPSA) is 46.2 Å². The summed E-state index contributed by atoms with van der Waals surface area (Å²) in [5.74, 6) is 0. The van der Waals surface area contributed by atoms with Crippen LogP contribution in [0.25, 0.3) is 0 Å². The first-order valence-electron chi connectivity index (χ1n) is 7.17. The van der Waals surface area contributed by atoms with Crippen molar-refractivity contribution in [2.75, 3.05) is 40.1 Å². The molecule has 1 aliphatic heterocycles. The molecule has 0 bridgehead atoms. The number of ether oxygens (including phenoxy) is 2. The Hall–Kier alpha value is 0.0169. The van der Waals surface area contributed by atoms with E-state index in [0.29, 0.717) is 33.0 Å². The maximum absolute atomic E-state index is 5.96. The van der Waals surface area contributed by atoms with Crippen molar-refractivity contribution in [2.24, 2.45) is 5.41 Å². The monoisotopic (exact) mass is 292 g/mol. The van der Waals surface area contributed by atoms with Crippen LogP contribution < -0.4 is 0 Å². The minimum absolute atomic E-state index is 0.0412. The zero-order valence-electron chi connectivity index (χ0n) is 12.9. The second-order valence-electron chi connectivity index (χ2n) is 4.73.